The molecule has 1 atom stereocenters. The van der Waals surface area contributed by atoms with Gasteiger partial charge < -0.3 is 11.1 Å². The molecule has 3 nitrogen and oxygen atoms in total. The average Bonchev–Trinajstić information content (AvgIpc) is 2.17. The third kappa shape index (κ3) is 5.72. The minimum atomic E-state index is 0.0931. The van der Waals surface area contributed by atoms with E-state index in [0.29, 0.717) is 11.4 Å². The second-order valence-electron chi connectivity index (χ2n) is 3.80. The third-order valence-corrected chi connectivity index (χ3v) is 2.81. The van der Waals surface area contributed by atoms with Gasteiger partial charge in [-0.3, -0.25) is 4.79 Å². The van der Waals surface area contributed by atoms with E-state index in [1.165, 1.54) is 0 Å². The number of hydrogen-bond acceptors (Lipinski definition) is 2. The maximum Gasteiger partial charge on any atom is 0.223 e. The maximum absolute atomic E-state index is 11.8. The second kappa shape index (κ2) is 7.63. The first kappa shape index (κ1) is 14.4. The van der Waals surface area contributed by atoms with Crippen LogP contribution >= 0.6 is 12.2 Å². The summed E-state index contributed by atoms with van der Waals surface area (Å²) in [6.07, 6.45) is 3.22. The summed E-state index contributed by atoms with van der Waals surface area (Å²) in [5.41, 5.74) is 5.47. The van der Waals surface area contributed by atoms with Crippen LogP contribution in [0.4, 0.5) is 0 Å². The Hall–Kier alpha value is -0.640. The predicted molar refractivity (Wildman–Crippen MR) is 67.7 cm³/mol. The van der Waals surface area contributed by atoms with Crippen molar-refractivity contribution in [2.24, 2.45) is 11.7 Å². The molecule has 1 unspecified atom stereocenters. The lowest BCUT2D eigenvalue weighted by molar-refractivity contribution is -0.125. The van der Waals surface area contributed by atoms with Gasteiger partial charge in [-0.15, -0.1) is 0 Å². The van der Waals surface area contributed by atoms with Crippen LogP contribution in [-0.2, 0) is 4.79 Å². The summed E-state index contributed by atoms with van der Waals surface area (Å²) in [7, 11) is 0. The van der Waals surface area contributed by atoms with Gasteiger partial charge in [0, 0.05) is 18.4 Å². The molecule has 3 N–H and O–H groups in total. The van der Waals surface area contributed by atoms with Crippen molar-refractivity contribution in [2.45, 2.75) is 52.5 Å². The fourth-order valence-electron chi connectivity index (χ4n) is 1.52. The molecule has 1 amide bonds. The number of amides is 1. The van der Waals surface area contributed by atoms with Crippen molar-refractivity contribution in [2.75, 3.05) is 0 Å². The van der Waals surface area contributed by atoms with Gasteiger partial charge in [-0.25, -0.2) is 0 Å². The van der Waals surface area contributed by atoms with Crippen molar-refractivity contribution in [3.63, 3.8) is 0 Å². The van der Waals surface area contributed by atoms with Crippen molar-refractivity contribution in [1.82, 2.24) is 5.32 Å². The van der Waals surface area contributed by atoms with Crippen molar-refractivity contribution < 1.29 is 4.79 Å². The van der Waals surface area contributed by atoms with Gasteiger partial charge in [-0.2, -0.15) is 0 Å². The van der Waals surface area contributed by atoms with Crippen LogP contribution in [0.25, 0.3) is 0 Å². The fourth-order valence-corrected chi connectivity index (χ4v) is 1.72. The molecular weight excluding hydrogens is 208 g/mol. The molecule has 0 aliphatic heterocycles. The highest BCUT2D eigenvalue weighted by molar-refractivity contribution is 7.80. The van der Waals surface area contributed by atoms with Gasteiger partial charge >= 0.3 is 0 Å². The Balaban J connectivity index is 4.16. The zero-order valence-corrected chi connectivity index (χ0v) is 10.7. The fraction of sp³-hybridized carbons (Fsp3) is 0.818. The minimum absolute atomic E-state index is 0.0931. The van der Waals surface area contributed by atoms with Crippen molar-refractivity contribution in [3.05, 3.63) is 0 Å². The van der Waals surface area contributed by atoms with E-state index < -0.39 is 0 Å². The highest BCUT2D eigenvalue weighted by atomic mass is 32.1. The summed E-state index contributed by atoms with van der Waals surface area (Å²) in [4.78, 5) is 12.2. The summed E-state index contributed by atoms with van der Waals surface area (Å²) in [5.74, 6) is 0.244. The first-order valence-corrected chi connectivity index (χ1v) is 6.04. The maximum atomic E-state index is 11.8. The molecule has 88 valence electrons. The summed E-state index contributed by atoms with van der Waals surface area (Å²) >= 11 is 4.84. The molecule has 0 aromatic carbocycles. The van der Waals surface area contributed by atoms with Gasteiger partial charge in [-0.1, -0.05) is 33.0 Å². The normalized spacial score (nSPS) is 12.5. The molecule has 0 bridgehead atoms. The van der Waals surface area contributed by atoms with Gasteiger partial charge in [0.2, 0.25) is 5.91 Å². The van der Waals surface area contributed by atoms with Crippen LogP contribution in [0.3, 0.4) is 0 Å². The Morgan fingerprint density at radius 2 is 1.80 bits per heavy atom. The lowest BCUT2D eigenvalue weighted by atomic mass is 10.0. The molecule has 15 heavy (non-hydrogen) atoms. The lowest BCUT2D eigenvalue weighted by Gasteiger charge is -2.19. The molecule has 0 rings (SSSR count). The highest BCUT2D eigenvalue weighted by Gasteiger charge is 2.17. The first-order valence-electron chi connectivity index (χ1n) is 5.63. The molecule has 0 aliphatic carbocycles. The van der Waals surface area contributed by atoms with Gasteiger partial charge in [0.1, 0.15) is 0 Å². The molecule has 0 saturated heterocycles. The number of thiocarbonyl (C=S) groups is 1. The number of nitrogens with one attached hydrogen (secondary N) is 1. The molecule has 0 fully saturated rings. The van der Waals surface area contributed by atoms with E-state index in [1.54, 1.807) is 0 Å². The molecule has 0 saturated carbocycles. The van der Waals surface area contributed by atoms with Crippen molar-refractivity contribution in [3.8, 4) is 0 Å². The summed E-state index contributed by atoms with van der Waals surface area (Å²) in [6.45, 7) is 6.08. The summed E-state index contributed by atoms with van der Waals surface area (Å²) in [6, 6.07) is 0.0931. The summed E-state index contributed by atoms with van der Waals surface area (Å²) < 4.78 is 0. The molecule has 0 aliphatic rings. The molecule has 0 radical (unpaired) electrons. The van der Waals surface area contributed by atoms with Gasteiger partial charge in [0.15, 0.2) is 0 Å². The minimum Gasteiger partial charge on any atom is -0.393 e. The Kier molecular flexibility index (Phi) is 7.30. The van der Waals surface area contributed by atoms with Crippen LogP contribution in [0.5, 0.6) is 0 Å². The summed E-state index contributed by atoms with van der Waals surface area (Å²) in [5, 5.41) is 2.99. The Morgan fingerprint density at radius 3 is 2.13 bits per heavy atom. The van der Waals surface area contributed by atoms with Crippen LogP contribution in [-0.4, -0.2) is 16.9 Å². The van der Waals surface area contributed by atoms with Gasteiger partial charge in [0.05, 0.1) is 4.99 Å². The largest absolute Gasteiger partial charge is 0.393 e. The molecular formula is C11H22N2OS. The van der Waals surface area contributed by atoms with E-state index in [9.17, 15) is 4.79 Å². The number of hydrogen-bond donors (Lipinski definition) is 2. The smallest absolute Gasteiger partial charge is 0.223 e. The van der Waals surface area contributed by atoms with Crippen LogP contribution in [0.2, 0.25) is 0 Å². The number of carbonyl (C=O) groups is 1. The van der Waals surface area contributed by atoms with Gasteiger partial charge in [0.25, 0.3) is 0 Å². The number of carbonyl (C=O) groups excluding carboxylic acids is 1. The monoisotopic (exact) mass is 230 g/mol. The SMILES string of the molecule is CCC(CC(N)=S)NC(=O)C(CC)CC. The zero-order chi connectivity index (χ0) is 11.8. The lowest BCUT2D eigenvalue weighted by Crippen LogP contribution is -2.40. The topological polar surface area (TPSA) is 55.1 Å². The third-order valence-electron chi connectivity index (χ3n) is 2.64. The van der Waals surface area contributed by atoms with Crippen molar-refractivity contribution in [1.29, 1.82) is 0 Å². The molecule has 4 heteroatoms. The van der Waals surface area contributed by atoms with Crippen LogP contribution in [0.15, 0.2) is 0 Å². The first-order chi connectivity index (χ1) is 7.04. The van der Waals surface area contributed by atoms with Crippen molar-refractivity contribution >= 4 is 23.1 Å². The van der Waals surface area contributed by atoms with E-state index in [0.717, 1.165) is 19.3 Å². The predicted octanol–water partition coefficient (Wildman–Crippen LogP) is 1.99. The van der Waals surface area contributed by atoms with E-state index in [2.05, 4.69) is 5.32 Å². The van der Waals surface area contributed by atoms with Crippen LogP contribution in [0.1, 0.15) is 46.5 Å². The molecule has 0 spiro atoms. The van der Waals surface area contributed by atoms with E-state index in [-0.39, 0.29) is 17.9 Å². The molecule has 0 aromatic rings. The van der Waals surface area contributed by atoms with E-state index in [4.69, 9.17) is 18.0 Å². The zero-order valence-electron chi connectivity index (χ0n) is 9.88. The molecule has 0 aromatic heterocycles. The van der Waals surface area contributed by atoms with E-state index in [1.807, 2.05) is 20.8 Å². The Labute approximate surface area is 97.8 Å². The average molecular weight is 230 g/mol. The standard InChI is InChI=1S/C11H22N2OS/c1-4-8(5-2)11(14)13-9(6-3)7-10(12)15/h8-9H,4-7H2,1-3H3,(H2,12,15)(H,13,14). The second-order valence-corrected chi connectivity index (χ2v) is 4.32. The number of nitrogens with two attached hydrogens (primary N) is 1. The van der Waals surface area contributed by atoms with Crippen LogP contribution < -0.4 is 11.1 Å². The Bertz CT molecular complexity index is 215. The number of rotatable bonds is 7. The van der Waals surface area contributed by atoms with Gasteiger partial charge in [-0.05, 0) is 19.3 Å². The quantitative estimate of drug-likeness (QED) is 0.658. The molecule has 0 heterocycles. The van der Waals surface area contributed by atoms with Crippen LogP contribution in [0, 0.1) is 5.92 Å². The Morgan fingerprint density at radius 1 is 1.27 bits per heavy atom. The highest BCUT2D eigenvalue weighted by Crippen LogP contribution is 2.09. The van der Waals surface area contributed by atoms with E-state index >= 15 is 0 Å².